The average Bonchev–Trinajstić information content (AvgIpc) is 2.41. The highest BCUT2D eigenvalue weighted by molar-refractivity contribution is 5.74. The maximum atomic E-state index is 12.1. The van der Waals surface area contributed by atoms with Crippen molar-refractivity contribution in [1.29, 1.82) is 0 Å². The molecule has 1 N–H and O–H groups in total. The third-order valence-electron chi connectivity index (χ3n) is 3.55. The van der Waals surface area contributed by atoms with Gasteiger partial charge in [-0.2, -0.15) is 0 Å². The van der Waals surface area contributed by atoms with Crippen LogP contribution in [0.15, 0.2) is 18.2 Å². The first kappa shape index (κ1) is 13.7. The molecule has 2 rings (SSSR count). The molecule has 1 aromatic carbocycles. The first-order chi connectivity index (χ1) is 9.15. The van der Waals surface area contributed by atoms with E-state index in [1.807, 2.05) is 26.0 Å². The summed E-state index contributed by atoms with van der Waals surface area (Å²) in [6, 6.07) is 6.18. The highest BCUT2D eigenvalue weighted by Crippen LogP contribution is 2.32. The molecule has 1 aliphatic rings. The minimum Gasteiger partial charge on any atom is -0.493 e. The third kappa shape index (κ3) is 3.00. The van der Waals surface area contributed by atoms with E-state index in [9.17, 15) is 4.79 Å². The molecule has 1 unspecified atom stereocenters. The second-order valence-corrected chi connectivity index (χ2v) is 4.85. The summed E-state index contributed by atoms with van der Waals surface area (Å²) in [7, 11) is 0. The fourth-order valence-corrected chi connectivity index (χ4v) is 2.41. The fraction of sp³-hybridized carbons (Fsp3) is 0.533. The summed E-state index contributed by atoms with van der Waals surface area (Å²) in [5, 5.41) is 3.11. The molecule has 4 nitrogen and oxygen atoms in total. The quantitative estimate of drug-likeness (QED) is 0.910. The number of nitrogens with zero attached hydrogens (tertiary/aromatic N) is 1. The second kappa shape index (κ2) is 5.95. The predicted octanol–water partition coefficient (Wildman–Crippen LogP) is 2.87. The van der Waals surface area contributed by atoms with Crippen LogP contribution >= 0.6 is 0 Å². The van der Waals surface area contributed by atoms with Gasteiger partial charge in [0.15, 0.2) is 0 Å². The molecule has 0 spiro atoms. The Kier molecular flexibility index (Phi) is 4.30. The highest BCUT2D eigenvalue weighted by atomic mass is 16.5. The van der Waals surface area contributed by atoms with Gasteiger partial charge in [-0.3, -0.25) is 0 Å². The molecule has 0 saturated heterocycles. The molecule has 0 radical (unpaired) electrons. The predicted molar refractivity (Wildman–Crippen MR) is 75.5 cm³/mol. The molecule has 0 aromatic heterocycles. The lowest BCUT2D eigenvalue weighted by Crippen LogP contribution is -2.42. The average molecular weight is 262 g/mol. The summed E-state index contributed by atoms with van der Waals surface area (Å²) in [5.74, 6) is 0.890. The monoisotopic (exact) mass is 262 g/mol. The van der Waals surface area contributed by atoms with Crippen LogP contribution in [0.1, 0.15) is 37.4 Å². The van der Waals surface area contributed by atoms with E-state index < -0.39 is 0 Å². The number of amides is 2. The van der Waals surface area contributed by atoms with E-state index in [1.54, 1.807) is 4.90 Å². The topological polar surface area (TPSA) is 41.6 Å². The van der Waals surface area contributed by atoms with Crippen molar-refractivity contribution < 1.29 is 9.53 Å². The van der Waals surface area contributed by atoms with E-state index in [0.717, 1.165) is 30.8 Å². The zero-order valence-corrected chi connectivity index (χ0v) is 11.9. The number of rotatable bonds is 3. The fourth-order valence-electron chi connectivity index (χ4n) is 2.41. The number of aryl methyl sites for hydroxylation is 1. The van der Waals surface area contributed by atoms with Crippen LogP contribution in [0.5, 0.6) is 5.75 Å². The maximum Gasteiger partial charge on any atom is 0.317 e. The lowest BCUT2D eigenvalue weighted by atomic mass is 9.99. The van der Waals surface area contributed by atoms with Gasteiger partial charge in [-0.05, 0) is 26.8 Å². The van der Waals surface area contributed by atoms with Gasteiger partial charge >= 0.3 is 6.03 Å². The molecule has 4 heteroatoms. The van der Waals surface area contributed by atoms with Crippen LogP contribution in [0.2, 0.25) is 0 Å². The van der Waals surface area contributed by atoms with Gasteiger partial charge in [0.2, 0.25) is 0 Å². The summed E-state index contributed by atoms with van der Waals surface area (Å²) >= 11 is 0. The first-order valence-corrected chi connectivity index (χ1v) is 6.94. The molecule has 1 heterocycles. The van der Waals surface area contributed by atoms with Crippen LogP contribution in [-0.4, -0.2) is 30.6 Å². The second-order valence-electron chi connectivity index (χ2n) is 4.85. The van der Waals surface area contributed by atoms with E-state index >= 15 is 0 Å². The highest BCUT2D eigenvalue weighted by Gasteiger charge is 2.24. The number of nitrogens with one attached hydrogen (secondary N) is 1. The van der Waals surface area contributed by atoms with E-state index in [1.165, 1.54) is 5.56 Å². The Morgan fingerprint density at radius 3 is 2.84 bits per heavy atom. The summed E-state index contributed by atoms with van der Waals surface area (Å²) < 4.78 is 5.64. The van der Waals surface area contributed by atoms with Crippen molar-refractivity contribution in [2.24, 2.45) is 0 Å². The number of ether oxygens (including phenoxy) is 1. The van der Waals surface area contributed by atoms with Gasteiger partial charge in [-0.15, -0.1) is 0 Å². The Labute approximate surface area is 114 Å². The third-order valence-corrected chi connectivity index (χ3v) is 3.55. The Hall–Kier alpha value is -1.71. The Bertz CT molecular complexity index is 455. The van der Waals surface area contributed by atoms with Crippen molar-refractivity contribution in [2.45, 2.75) is 33.2 Å². The van der Waals surface area contributed by atoms with Crippen molar-refractivity contribution in [1.82, 2.24) is 10.2 Å². The Balaban J connectivity index is 2.15. The van der Waals surface area contributed by atoms with Crippen LogP contribution in [0.4, 0.5) is 4.79 Å². The van der Waals surface area contributed by atoms with Gasteiger partial charge < -0.3 is 15.0 Å². The minimum absolute atomic E-state index is 0.00403. The summed E-state index contributed by atoms with van der Waals surface area (Å²) in [5.41, 5.74) is 2.28. The first-order valence-electron chi connectivity index (χ1n) is 6.94. The zero-order valence-electron chi connectivity index (χ0n) is 11.9. The van der Waals surface area contributed by atoms with E-state index in [4.69, 9.17) is 4.74 Å². The minimum atomic E-state index is 0.00403. The van der Waals surface area contributed by atoms with Crippen molar-refractivity contribution in [3.63, 3.8) is 0 Å². The largest absolute Gasteiger partial charge is 0.493 e. The van der Waals surface area contributed by atoms with E-state index in [0.29, 0.717) is 6.61 Å². The van der Waals surface area contributed by atoms with Crippen molar-refractivity contribution >= 4 is 6.03 Å². The number of hydrogen-bond donors (Lipinski definition) is 1. The number of hydrogen-bond acceptors (Lipinski definition) is 2. The van der Waals surface area contributed by atoms with Gasteiger partial charge in [0, 0.05) is 25.1 Å². The van der Waals surface area contributed by atoms with Gasteiger partial charge in [0.1, 0.15) is 5.75 Å². The Morgan fingerprint density at radius 2 is 2.16 bits per heavy atom. The van der Waals surface area contributed by atoms with E-state index in [-0.39, 0.29) is 12.1 Å². The molecule has 1 aromatic rings. The van der Waals surface area contributed by atoms with Crippen molar-refractivity contribution in [3.05, 3.63) is 29.3 Å². The molecule has 2 amide bonds. The molecule has 0 aliphatic carbocycles. The number of carbonyl (C=O) groups is 1. The molecule has 0 bridgehead atoms. The standard InChI is InChI=1S/C15H22N2O2/c1-4-17(5-2)15(18)16-13-8-9-19-14-7-6-11(3)10-12(13)14/h6-7,10,13H,4-5,8-9H2,1-3H3,(H,16,18). The molecule has 19 heavy (non-hydrogen) atoms. The molecule has 104 valence electrons. The number of carbonyl (C=O) groups excluding carboxylic acids is 1. The molecule has 1 atom stereocenters. The zero-order chi connectivity index (χ0) is 13.8. The molecule has 1 aliphatic heterocycles. The van der Waals surface area contributed by atoms with Crippen LogP contribution in [0, 0.1) is 6.92 Å². The molecule has 0 fully saturated rings. The smallest absolute Gasteiger partial charge is 0.317 e. The summed E-state index contributed by atoms with van der Waals surface area (Å²) in [6.45, 7) is 8.15. The van der Waals surface area contributed by atoms with Gasteiger partial charge in [0.25, 0.3) is 0 Å². The van der Waals surface area contributed by atoms with Gasteiger partial charge in [-0.25, -0.2) is 4.79 Å². The van der Waals surface area contributed by atoms with Crippen molar-refractivity contribution in [3.8, 4) is 5.75 Å². The van der Waals surface area contributed by atoms with Crippen molar-refractivity contribution in [2.75, 3.05) is 19.7 Å². The normalized spacial score (nSPS) is 17.3. The molecule has 0 saturated carbocycles. The van der Waals surface area contributed by atoms with E-state index in [2.05, 4.69) is 18.3 Å². The van der Waals surface area contributed by atoms with Crippen LogP contribution in [0.3, 0.4) is 0 Å². The number of urea groups is 1. The van der Waals surface area contributed by atoms with Crippen LogP contribution in [0.25, 0.3) is 0 Å². The SMILES string of the molecule is CCN(CC)C(=O)NC1CCOc2ccc(C)cc21. The summed E-state index contributed by atoms with van der Waals surface area (Å²) in [6.07, 6.45) is 0.823. The number of fused-ring (bicyclic) bond motifs is 1. The maximum absolute atomic E-state index is 12.1. The van der Waals surface area contributed by atoms with Crippen LogP contribution < -0.4 is 10.1 Å². The lowest BCUT2D eigenvalue weighted by molar-refractivity contribution is 0.191. The molecular formula is C15H22N2O2. The van der Waals surface area contributed by atoms with Crippen LogP contribution in [-0.2, 0) is 0 Å². The van der Waals surface area contributed by atoms with Gasteiger partial charge in [0.05, 0.1) is 12.6 Å². The Morgan fingerprint density at radius 1 is 1.42 bits per heavy atom. The lowest BCUT2D eigenvalue weighted by Gasteiger charge is -2.29. The summed E-state index contributed by atoms with van der Waals surface area (Å²) in [4.78, 5) is 13.9. The molecular weight excluding hydrogens is 240 g/mol. The van der Waals surface area contributed by atoms with Gasteiger partial charge in [-0.1, -0.05) is 17.7 Å². The number of benzene rings is 1.